The number of Topliss-reactive ketones (excluding diaryl/α,β-unsaturated/α-hetero) is 1. The monoisotopic (exact) mass is 318 g/mol. The Hall–Kier alpha value is -2.33. The number of hydrogen-bond donors (Lipinski definition) is 0. The summed E-state index contributed by atoms with van der Waals surface area (Å²) in [5, 5.41) is -1.09. The number of methoxy groups -OCH3 is 1. The van der Waals surface area contributed by atoms with Crippen LogP contribution in [0.3, 0.4) is 0 Å². The molecule has 0 aliphatic rings. The Kier molecular flexibility index (Phi) is 5.55. The van der Waals surface area contributed by atoms with Crippen molar-refractivity contribution in [3.63, 3.8) is 0 Å². The fraction of sp³-hybridized carbons (Fsp3) is 0.176. The highest BCUT2D eigenvalue weighted by molar-refractivity contribution is 6.47. The molecule has 2 aromatic carbocycles. The van der Waals surface area contributed by atoms with Crippen molar-refractivity contribution in [3.8, 4) is 5.75 Å². The summed E-state index contributed by atoms with van der Waals surface area (Å²) >= 11 is 6.01. The van der Waals surface area contributed by atoms with Crippen LogP contribution in [0.15, 0.2) is 54.6 Å². The van der Waals surface area contributed by atoms with Crippen LogP contribution >= 0.6 is 11.6 Å². The number of carbonyl (C=O) groups excluding carboxylic acids is 2. The number of benzene rings is 2. The van der Waals surface area contributed by atoms with Crippen molar-refractivity contribution < 1.29 is 19.1 Å². The van der Waals surface area contributed by atoms with Gasteiger partial charge in [-0.15, -0.1) is 11.6 Å². The van der Waals surface area contributed by atoms with Crippen molar-refractivity contribution >= 4 is 23.4 Å². The highest BCUT2D eigenvalue weighted by Gasteiger charge is 2.25. The molecule has 0 N–H and O–H groups in total. The standard InChI is InChI=1S/C17H15ClO4/c1-21-17(20)16(19)15(18)13-8-5-9-14(10-13)22-11-12-6-3-2-4-7-12/h2-10,15H,11H2,1H3. The van der Waals surface area contributed by atoms with Crippen molar-refractivity contribution in [2.45, 2.75) is 12.0 Å². The minimum absolute atomic E-state index is 0.405. The van der Waals surface area contributed by atoms with Gasteiger partial charge in [-0.05, 0) is 23.3 Å². The zero-order valence-electron chi connectivity index (χ0n) is 12.0. The second-order valence-electron chi connectivity index (χ2n) is 4.57. The predicted molar refractivity (Wildman–Crippen MR) is 82.8 cm³/mol. The van der Waals surface area contributed by atoms with Crippen molar-refractivity contribution in [3.05, 3.63) is 65.7 Å². The fourth-order valence-corrected chi connectivity index (χ4v) is 2.08. The summed E-state index contributed by atoms with van der Waals surface area (Å²) in [4.78, 5) is 23.0. The molecule has 0 radical (unpaired) electrons. The van der Waals surface area contributed by atoms with E-state index < -0.39 is 17.1 Å². The molecule has 1 unspecified atom stereocenters. The first-order valence-electron chi connectivity index (χ1n) is 6.64. The minimum Gasteiger partial charge on any atom is -0.489 e. The van der Waals surface area contributed by atoms with E-state index in [4.69, 9.17) is 16.3 Å². The molecule has 0 aliphatic carbocycles. The quantitative estimate of drug-likeness (QED) is 0.466. The molecular weight excluding hydrogens is 304 g/mol. The molecule has 2 rings (SSSR count). The predicted octanol–water partition coefficient (Wildman–Crippen LogP) is 3.29. The lowest BCUT2D eigenvalue weighted by atomic mass is 10.1. The van der Waals surface area contributed by atoms with E-state index in [2.05, 4.69) is 4.74 Å². The van der Waals surface area contributed by atoms with Crippen LogP contribution in [0, 0.1) is 0 Å². The second kappa shape index (κ2) is 7.61. The van der Waals surface area contributed by atoms with Crippen molar-refractivity contribution in [1.82, 2.24) is 0 Å². The smallest absolute Gasteiger partial charge is 0.376 e. The van der Waals surface area contributed by atoms with Crippen LogP contribution in [0.25, 0.3) is 0 Å². The zero-order chi connectivity index (χ0) is 15.9. The topological polar surface area (TPSA) is 52.6 Å². The van der Waals surface area contributed by atoms with E-state index in [1.807, 2.05) is 30.3 Å². The third kappa shape index (κ3) is 4.09. The van der Waals surface area contributed by atoms with Crippen LogP contribution in [-0.2, 0) is 20.9 Å². The highest BCUT2D eigenvalue weighted by atomic mass is 35.5. The Labute approximate surface area is 133 Å². The molecule has 0 saturated carbocycles. The number of halogens is 1. The second-order valence-corrected chi connectivity index (χ2v) is 5.00. The first-order valence-corrected chi connectivity index (χ1v) is 7.08. The fourth-order valence-electron chi connectivity index (χ4n) is 1.86. The van der Waals surface area contributed by atoms with Crippen LogP contribution in [0.1, 0.15) is 16.5 Å². The maximum atomic E-state index is 11.7. The molecule has 0 saturated heterocycles. The summed E-state index contributed by atoms with van der Waals surface area (Å²) in [5.74, 6) is -1.19. The van der Waals surface area contributed by atoms with Gasteiger partial charge >= 0.3 is 5.97 Å². The Morgan fingerprint density at radius 3 is 2.50 bits per heavy atom. The maximum Gasteiger partial charge on any atom is 0.376 e. The van der Waals surface area contributed by atoms with Crippen LogP contribution < -0.4 is 4.74 Å². The Morgan fingerprint density at radius 1 is 1.09 bits per heavy atom. The third-order valence-corrected chi connectivity index (χ3v) is 3.47. The summed E-state index contributed by atoms with van der Waals surface area (Å²) in [6.45, 7) is 0.405. The number of ketones is 1. The summed E-state index contributed by atoms with van der Waals surface area (Å²) < 4.78 is 10.0. The molecular formula is C17H15ClO4. The molecule has 4 nitrogen and oxygen atoms in total. The summed E-state index contributed by atoms with van der Waals surface area (Å²) in [7, 11) is 1.14. The largest absolute Gasteiger partial charge is 0.489 e. The molecule has 0 bridgehead atoms. The van der Waals surface area contributed by atoms with Gasteiger partial charge in [0, 0.05) is 0 Å². The Bertz CT molecular complexity index is 655. The molecule has 0 aromatic heterocycles. The summed E-state index contributed by atoms with van der Waals surface area (Å²) in [6, 6.07) is 16.5. The van der Waals surface area contributed by atoms with E-state index in [1.54, 1.807) is 24.3 Å². The third-order valence-electron chi connectivity index (χ3n) is 3.02. The normalized spacial score (nSPS) is 11.5. The number of rotatable bonds is 6. The summed E-state index contributed by atoms with van der Waals surface area (Å²) in [6.07, 6.45) is 0. The molecule has 5 heteroatoms. The van der Waals surface area contributed by atoms with Crippen molar-refractivity contribution in [2.24, 2.45) is 0 Å². The minimum atomic E-state index is -1.09. The van der Waals surface area contributed by atoms with Gasteiger partial charge in [-0.1, -0.05) is 42.5 Å². The van der Waals surface area contributed by atoms with Gasteiger partial charge in [-0.2, -0.15) is 0 Å². The molecule has 0 heterocycles. The SMILES string of the molecule is COC(=O)C(=O)C(Cl)c1cccc(OCc2ccccc2)c1. The van der Waals surface area contributed by atoms with E-state index in [0.717, 1.165) is 12.7 Å². The average Bonchev–Trinajstić information content (AvgIpc) is 2.59. The highest BCUT2D eigenvalue weighted by Crippen LogP contribution is 2.26. The lowest BCUT2D eigenvalue weighted by molar-refractivity contribution is -0.151. The van der Waals surface area contributed by atoms with Crippen LogP contribution in [-0.4, -0.2) is 18.9 Å². The van der Waals surface area contributed by atoms with Gasteiger partial charge in [-0.25, -0.2) is 4.79 Å². The molecule has 1 atom stereocenters. The number of carbonyl (C=O) groups is 2. The van der Waals surface area contributed by atoms with Gasteiger partial charge in [0.2, 0.25) is 0 Å². The van der Waals surface area contributed by atoms with Crippen molar-refractivity contribution in [1.29, 1.82) is 0 Å². The maximum absolute atomic E-state index is 11.7. The molecule has 0 fully saturated rings. The average molecular weight is 319 g/mol. The molecule has 2 aromatic rings. The van der Waals surface area contributed by atoms with Gasteiger partial charge in [0.25, 0.3) is 5.78 Å². The van der Waals surface area contributed by atoms with Crippen LogP contribution in [0.5, 0.6) is 5.75 Å². The summed E-state index contributed by atoms with van der Waals surface area (Å²) in [5.41, 5.74) is 1.52. The molecule has 22 heavy (non-hydrogen) atoms. The molecule has 0 aliphatic heterocycles. The van der Waals surface area contributed by atoms with E-state index in [1.165, 1.54) is 0 Å². The molecule has 0 spiro atoms. The van der Waals surface area contributed by atoms with E-state index in [-0.39, 0.29) is 0 Å². The first kappa shape index (κ1) is 16.0. The lowest BCUT2D eigenvalue weighted by Gasteiger charge is -2.10. The number of ether oxygens (including phenoxy) is 2. The zero-order valence-corrected chi connectivity index (χ0v) is 12.7. The van der Waals surface area contributed by atoms with Crippen molar-refractivity contribution in [2.75, 3.05) is 7.11 Å². The first-order chi connectivity index (χ1) is 10.6. The van der Waals surface area contributed by atoms with Gasteiger partial charge < -0.3 is 9.47 Å². The van der Waals surface area contributed by atoms with E-state index in [0.29, 0.717) is 17.9 Å². The van der Waals surface area contributed by atoms with Gasteiger partial charge in [0.15, 0.2) is 0 Å². The van der Waals surface area contributed by atoms with Crippen LogP contribution in [0.4, 0.5) is 0 Å². The van der Waals surface area contributed by atoms with E-state index in [9.17, 15) is 9.59 Å². The lowest BCUT2D eigenvalue weighted by Crippen LogP contribution is -2.20. The van der Waals surface area contributed by atoms with Crippen LogP contribution in [0.2, 0.25) is 0 Å². The van der Waals surface area contributed by atoms with Gasteiger partial charge in [0.1, 0.15) is 17.7 Å². The number of esters is 1. The van der Waals surface area contributed by atoms with Gasteiger partial charge in [0.05, 0.1) is 7.11 Å². The molecule has 0 amide bonds. The number of alkyl halides is 1. The Morgan fingerprint density at radius 2 is 1.82 bits per heavy atom. The van der Waals surface area contributed by atoms with Gasteiger partial charge in [-0.3, -0.25) is 4.79 Å². The Balaban J connectivity index is 2.06. The molecule has 114 valence electrons. The van der Waals surface area contributed by atoms with E-state index >= 15 is 0 Å². The number of hydrogen-bond acceptors (Lipinski definition) is 4.